The summed E-state index contributed by atoms with van der Waals surface area (Å²) >= 11 is 0. The predicted molar refractivity (Wildman–Crippen MR) is 104 cm³/mol. The van der Waals surface area contributed by atoms with Gasteiger partial charge in [-0.05, 0) is 62.1 Å². The Morgan fingerprint density at radius 1 is 0.885 bits per heavy atom. The lowest BCUT2D eigenvalue weighted by molar-refractivity contribution is -0.117. The van der Waals surface area contributed by atoms with Gasteiger partial charge in [0.15, 0.2) is 0 Å². The summed E-state index contributed by atoms with van der Waals surface area (Å²) < 4.78 is 0. The van der Waals surface area contributed by atoms with E-state index in [9.17, 15) is 9.59 Å². The number of anilines is 3. The lowest BCUT2D eigenvalue weighted by Gasteiger charge is -2.21. The lowest BCUT2D eigenvalue weighted by atomic mass is 10.1. The summed E-state index contributed by atoms with van der Waals surface area (Å²) in [6.45, 7) is 2.06. The van der Waals surface area contributed by atoms with E-state index in [0.717, 1.165) is 43.0 Å². The van der Waals surface area contributed by atoms with Crippen LogP contribution in [0.15, 0.2) is 48.5 Å². The van der Waals surface area contributed by atoms with Crippen molar-refractivity contribution < 1.29 is 9.59 Å². The van der Waals surface area contributed by atoms with Gasteiger partial charge < -0.3 is 15.5 Å². The first-order valence-electron chi connectivity index (χ1n) is 9.27. The number of benzene rings is 2. The van der Waals surface area contributed by atoms with E-state index in [1.807, 2.05) is 18.2 Å². The zero-order valence-corrected chi connectivity index (χ0v) is 14.7. The Labute approximate surface area is 153 Å². The molecule has 0 aromatic heterocycles. The van der Waals surface area contributed by atoms with Gasteiger partial charge in [0, 0.05) is 30.3 Å². The maximum atomic E-state index is 12.6. The van der Waals surface area contributed by atoms with Crippen molar-refractivity contribution in [2.45, 2.75) is 25.7 Å². The average Bonchev–Trinajstić information content (AvgIpc) is 3.38. The highest BCUT2D eigenvalue weighted by atomic mass is 16.2. The largest absolute Gasteiger partial charge is 0.370 e. The van der Waals surface area contributed by atoms with Gasteiger partial charge in [-0.1, -0.05) is 12.1 Å². The van der Waals surface area contributed by atoms with Crippen LogP contribution in [0.25, 0.3) is 0 Å². The molecule has 0 bridgehead atoms. The smallest absolute Gasteiger partial charge is 0.255 e. The first kappa shape index (κ1) is 16.6. The molecule has 0 unspecified atom stereocenters. The zero-order valence-electron chi connectivity index (χ0n) is 14.7. The molecule has 2 aliphatic rings. The minimum atomic E-state index is -0.142. The maximum absolute atomic E-state index is 12.6. The number of carbonyl (C=O) groups is 2. The first-order valence-corrected chi connectivity index (χ1v) is 9.27. The normalized spacial score (nSPS) is 16.4. The van der Waals surface area contributed by atoms with Gasteiger partial charge in [-0.2, -0.15) is 0 Å². The second-order valence-corrected chi connectivity index (χ2v) is 7.01. The molecule has 1 aliphatic heterocycles. The molecule has 0 radical (unpaired) electrons. The highest BCUT2D eigenvalue weighted by Gasteiger charge is 2.29. The third kappa shape index (κ3) is 3.72. The minimum Gasteiger partial charge on any atom is -0.370 e. The quantitative estimate of drug-likeness (QED) is 0.861. The SMILES string of the molecule is O=C(Nc1ccccc1N1CCCC1)c1ccc(NC(=O)C2CC2)cc1. The van der Waals surface area contributed by atoms with Gasteiger partial charge in [0.2, 0.25) is 5.91 Å². The fourth-order valence-corrected chi connectivity index (χ4v) is 3.30. The molecule has 134 valence electrons. The van der Waals surface area contributed by atoms with Crippen LogP contribution in [-0.2, 0) is 4.79 Å². The fraction of sp³-hybridized carbons (Fsp3) is 0.333. The molecule has 0 atom stereocenters. The number of hydrogen-bond donors (Lipinski definition) is 2. The predicted octanol–water partition coefficient (Wildman–Crippen LogP) is 3.89. The fourth-order valence-electron chi connectivity index (χ4n) is 3.30. The van der Waals surface area contributed by atoms with E-state index in [1.165, 1.54) is 12.8 Å². The summed E-state index contributed by atoms with van der Waals surface area (Å²) in [5.41, 5.74) is 3.22. The molecule has 2 amide bonds. The summed E-state index contributed by atoms with van der Waals surface area (Å²) in [5.74, 6) is 0.0959. The van der Waals surface area contributed by atoms with E-state index < -0.39 is 0 Å². The molecule has 1 saturated carbocycles. The summed E-state index contributed by atoms with van der Waals surface area (Å²) in [7, 11) is 0. The van der Waals surface area contributed by atoms with Gasteiger partial charge in [0.25, 0.3) is 5.91 Å². The third-order valence-electron chi connectivity index (χ3n) is 4.96. The van der Waals surface area contributed by atoms with Crippen molar-refractivity contribution in [3.05, 3.63) is 54.1 Å². The summed E-state index contributed by atoms with van der Waals surface area (Å²) in [4.78, 5) is 26.7. The zero-order chi connectivity index (χ0) is 17.9. The van der Waals surface area contributed by atoms with Crippen LogP contribution in [0, 0.1) is 5.92 Å². The molecule has 1 saturated heterocycles. The van der Waals surface area contributed by atoms with Crippen molar-refractivity contribution in [2.24, 2.45) is 5.92 Å². The van der Waals surface area contributed by atoms with E-state index in [2.05, 4.69) is 21.6 Å². The second-order valence-electron chi connectivity index (χ2n) is 7.01. The molecule has 2 aromatic rings. The van der Waals surface area contributed by atoms with Crippen LogP contribution in [-0.4, -0.2) is 24.9 Å². The Kier molecular flexibility index (Phi) is 4.61. The average molecular weight is 349 g/mol. The van der Waals surface area contributed by atoms with Crippen molar-refractivity contribution in [2.75, 3.05) is 28.6 Å². The molecular formula is C21H23N3O2. The number of nitrogens with one attached hydrogen (secondary N) is 2. The number of hydrogen-bond acceptors (Lipinski definition) is 3. The highest BCUT2D eigenvalue weighted by molar-refractivity contribution is 6.06. The molecule has 2 aromatic carbocycles. The summed E-state index contributed by atoms with van der Waals surface area (Å²) in [5, 5.41) is 5.91. The topological polar surface area (TPSA) is 61.4 Å². The van der Waals surface area contributed by atoms with Gasteiger partial charge in [-0.25, -0.2) is 0 Å². The van der Waals surface area contributed by atoms with Crippen LogP contribution in [0.3, 0.4) is 0 Å². The van der Waals surface area contributed by atoms with E-state index in [0.29, 0.717) is 5.56 Å². The lowest BCUT2D eigenvalue weighted by Crippen LogP contribution is -2.21. The Morgan fingerprint density at radius 3 is 2.27 bits per heavy atom. The van der Waals surface area contributed by atoms with Crippen molar-refractivity contribution in [3.8, 4) is 0 Å². The Balaban J connectivity index is 1.44. The summed E-state index contributed by atoms with van der Waals surface area (Å²) in [6.07, 6.45) is 4.33. The molecule has 1 aliphatic carbocycles. The minimum absolute atomic E-state index is 0.0711. The highest BCUT2D eigenvalue weighted by Crippen LogP contribution is 2.31. The van der Waals surface area contributed by atoms with Crippen molar-refractivity contribution in [1.29, 1.82) is 0 Å². The van der Waals surface area contributed by atoms with Crippen molar-refractivity contribution in [1.82, 2.24) is 0 Å². The van der Waals surface area contributed by atoms with E-state index >= 15 is 0 Å². The Hall–Kier alpha value is -2.82. The number of amides is 2. The van der Waals surface area contributed by atoms with Crippen LogP contribution in [0.5, 0.6) is 0 Å². The third-order valence-corrected chi connectivity index (χ3v) is 4.96. The molecule has 2 N–H and O–H groups in total. The van der Waals surface area contributed by atoms with Gasteiger partial charge >= 0.3 is 0 Å². The van der Waals surface area contributed by atoms with Crippen LogP contribution < -0.4 is 15.5 Å². The van der Waals surface area contributed by atoms with E-state index in [4.69, 9.17) is 0 Å². The number of nitrogens with zero attached hydrogens (tertiary/aromatic N) is 1. The second kappa shape index (κ2) is 7.20. The van der Waals surface area contributed by atoms with Crippen molar-refractivity contribution >= 4 is 28.9 Å². The number of carbonyl (C=O) groups excluding carboxylic acids is 2. The molecular weight excluding hydrogens is 326 g/mol. The Morgan fingerprint density at radius 2 is 1.58 bits per heavy atom. The Bertz CT molecular complexity index is 806. The molecule has 26 heavy (non-hydrogen) atoms. The van der Waals surface area contributed by atoms with Crippen molar-refractivity contribution in [3.63, 3.8) is 0 Å². The van der Waals surface area contributed by atoms with E-state index in [1.54, 1.807) is 24.3 Å². The summed E-state index contributed by atoms with van der Waals surface area (Å²) in [6, 6.07) is 15.0. The standard InChI is InChI=1S/C21H23N3O2/c25-20(15-7-8-15)22-17-11-9-16(10-12-17)21(26)23-18-5-1-2-6-19(18)24-13-3-4-14-24/h1-2,5-6,9-12,15H,3-4,7-8,13-14H2,(H,22,25)(H,23,26). The van der Waals surface area contributed by atoms with Gasteiger partial charge in [0.05, 0.1) is 11.4 Å². The molecule has 5 heteroatoms. The molecule has 5 nitrogen and oxygen atoms in total. The number of rotatable bonds is 5. The first-order chi connectivity index (χ1) is 12.7. The molecule has 1 heterocycles. The van der Waals surface area contributed by atoms with E-state index in [-0.39, 0.29) is 17.7 Å². The van der Waals surface area contributed by atoms with Gasteiger partial charge in [-0.15, -0.1) is 0 Å². The van der Waals surface area contributed by atoms with Crippen LogP contribution in [0.1, 0.15) is 36.0 Å². The monoisotopic (exact) mass is 349 g/mol. The maximum Gasteiger partial charge on any atom is 0.255 e. The molecule has 4 rings (SSSR count). The van der Waals surface area contributed by atoms with Crippen LogP contribution in [0.2, 0.25) is 0 Å². The number of para-hydroxylation sites is 2. The molecule has 2 fully saturated rings. The van der Waals surface area contributed by atoms with Crippen LogP contribution in [0.4, 0.5) is 17.1 Å². The van der Waals surface area contributed by atoms with Gasteiger partial charge in [0.1, 0.15) is 0 Å². The molecule has 0 spiro atoms. The van der Waals surface area contributed by atoms with Gasteiger partial charge in [-0.3, -0.25) is 9.59 Å². The van der Waals surface area contributed by atoms with Crippen LogP contribution >= 0.6 is 0 Å².